The minimum Gasteiger partial charge on any atom is -0.325 e. The Labute approximate surface area is 113 Å². The average Bonchev–Trinajstić information content (AvgIpc) is 2.44. The Bertz CT molecular complexity index is 565. The third-order valence-corrected chi connectivity index (χ3v) is 3.22. The number of amides is 1. The summed E-state index contributed by atoms with van der Waals surface area (Å²) in [5, 5.41) is 5.15. The van der Waals surface area contributed by atoms with Crippen LogP contribution in [0.15, 0.2) is 42.5 Å². The van der Waals surface area contributed by atoms with Gasteiger partial charge >= 0.3 is 0 Å². The third kappa shape index (κ3) is 3.55. The summed E-state index contributed by atoms with van der Waals surface area (Å²) in [6.07, 6.45) is 2.76. The molecule has 3 nitrogen and oxygen atoms in total. The molecule has 3 N–H and O–H groups in total. The Morgan fingerprint density at radius 1 is 1.21 bits per heavy atom. The highest BCUT2D eigenvalue weighted by atomic mass is 16.2. The number of carbonyl (C=O) groups excluding carboxylic acids is 1. The van der Waals surface area contributed by atoms with E-state index in [-0.39, 0.29) is 5.91 Å². The molecule has 2 rings (SSSR count). The number of nitrogens with two attached hydrogens (primary N) is 1. The van der Waals surface area contributed by atoms with E-state index in [0.717, 1.165) is 35.7 Å². The van der Waals surface area contributed by atoms with Crippen LogP contribution in [0.1, 0.15) is 26.2 Å². The lowest BCUT2D eigenvalue weighted by Gasteiger charge is -2.12. The van der Waals surface area contributed by atoms with Crippen molar-refractivity contribution in [2.75, 3.05) is 5.32 Å². The first-order valence-electron chi connectivity index (χ1n) is 6.76. The molecular weight excluding hydrogens is 236 g/mol. The molecule has 0 aliphatic rings. The Morgan fingerprint density at radius 3 is 2.68 bits per heavy atom. The van der Waals surface area contributed by atoms with Crippen LogP contribution in [0.25, 0.3) is 10.8 Å². The number of carbonyl (C=O) groups is 1. The summed E-state index contributed by atoms with van der Waals surface area (Å²) >= 11 is 0. The van der Waals surface area contributed by atoms with Gasteiger partial charge in [0.2, 0.25) is 5.91 Å². The summed E-state index contributed by atoms with van der Waals surface area (Å²) < 4.78 is 0. The van der Waals surface area contributed by atoms with Crippen LogP contribution in [-0.4, -0.2) is 11.9 Å². The van der Waals surface area contributed by atoms with Crippen LogP contribution in [0.4, 0.5) is 5.69 Å². The van der Waals surface area contributed by atoms with E-state index >= 15 is 0 Å². The van der Waals surface area contributed by atoms with E-state index in [2.05, 4.69) is 12.2 Å². The van der Waals surface area contributed by atoms with Crippen molar-refractivity contribution in [3.05, 3.63) is 42.5 Å². The molecule has 2 aromatic rings. The van der Waals surface area contributed by atoms with Crippen molar-refractivity contribution < 1.29 is 4.79 Å². The van der Waals surface area contributed by atoms with Gasteiger partial charge in [0, 0.05) is 5.69 Å². The maximum Gasteiger partial charge on any atom is 0.241 e. The number of hydrogen-bond donors (Lipinski definition) is 2. The lowest BCUT2D eigenvalue weighted by atomic mass is 10.1. The summed E-state index contributed by atoms with van der Waals surface area (Å²) in [5.41, 5.74) is 6.65. The van der Waals surface area contributed by atoms with Gasteiger partial charge in [0.15, 0.2) is 0 Å². The molecule has 0 aromatic heterocycles. The van der Waals surface area contributed by atoms with Gasteiger partial charge in [-0.1, -0.05) is 50.1 Å². The molecule has 0 bridgehead atoms. The first kappa shape index (κ1) is 13.6. The Balaban J connectivity index is 2.06. The van der Waals surface area contributed by atoms with Gasteiger partial charge in [-0.2, -0.15) is 0 Å². The number of anilines is 1. The minimum absolute atomic E-state index is 0.108. The minimum atomic E-state index is -0.425. The molecule has 0 aliphatic heterocycles. The first-order valence-corrected chi connectivity index (χ1v) is 6.76. The highest BCUT2D eigenvalue weighted by Gasteiger charge is 2.12. The van der Waals surface area contributed by atoms with Gasteiger partial charge < -0.3 is 11.1 Å². The van der Waals surface area contributed by atoms with Crippen molar-refractivity contribution in [1.29, 1.82) is 0 Å². The number of unbranched alkanes of at least 4 members (excludes halogenated alkanes) is 1. The average molecular weight is 256 g/mol. The van der Waals surface area contributed by atoms with E-state index in [9.17, 15) is 4.79 Å². The second-order valence-electron chi connectivity index (χ2n) is 4.80. The zero-order valence-corrected chi connectivity index (χ0v) is 11.2. The summed E-state index contributed by atoms with van der Waals surface area (Å²) in [6.45, 7) is 2.09. The van der Waals surface area contributed by atoms with Crippen molar-refractivity contribution >= 4 is 22.4 Å². The fourth-order valence-electron chi connectivity index (χ4n) is 2.06. The van der Waals surface area contributed by atoms with Gasteiger partial charge in [-0.25, -0.2) is 0 Å². The fourth-order valence-corrected chi connectivity index (χ4v) is 2.06. The third-order valence-electron chi connectivity index (χ3n) is 3.22. The Kier molecular flexibility index (Phi) is 4.53. The monoisotopic (exact) mass is 256 g/mol. The molecule has 1 amide bonds. The van der Waals surface area contributed by atoms with Crippen LogP contribution in [0.2, 0.25) is 0 Å². The summed E-state index contributed by atoms with van der Waals surface area (Å²) in [4.78, 5) is 11.9. The summed E-state index contributed by atoms with van der Waals surface area (Å²) in [7, 11) is 0. The van der Waals surface area contributed by atoms with Gasteiger partial charge in [0.25, 0.3) is 0 Å². The van der Waals surface area contributed by atoms with Gasteiger partial charge in [0.1, 0.15) is 0 Å². The smallest absolute Gasteiger partial charge is 0.241 e. The van der Waals surface area contributed by atoms with Gasteiger partial charge in [-0.05, 0) is 29.3 Å². The lowest BCUT2D eigenvalue weighted by Crippen LogP contribution is -2.35. The number of hydrogen-bond acceptors (Lipinski definition) is 2. The molecular formula is C16H20N2O. The summed E-state index contributed by atoms with van der Waals surface area (Å²) in [5.74, 6) is -0.108. The molecule has 3 heteroatoms. The Hall–Kier alpha value is -1.87. The van der Waals surface area contributed by atoms with E-state index in [4.69, 9.17) is 5.73 Å². The molecule has 0 saturated carbocycles. The SMILES string of the molecule is CCCCC(N)C(=O)Nc1ccc2ccccc2c1. The zero-order valence-electron chi connectivity index (χ0n) is 11.2. The lowest BCUT2D eigenvalue weighted by molar-refractivity contribution is -0.117. The molecule has 0 radical (unpaired) electrons. The van der Waals surface area contributed by atoms with Crippen LogP contribution in [-0.2, 0) is 4.79 Å². The maximum absolute atomic E-state index is 11.9. The molecule has 0 aliphatic carbocycles. The highest BCUT2D eigenvalue weighted by Crippen LogP contribution is 2.19. The molecule has 100 valence electrons. The molecule has 0 spiro atoms. The van der Waals surface area contributed by atoms with Gasteiger partial charge in [-0.15, -0.1) is 0 Å². The molecule has 0 saturated heterocycles. The second-order valence-corrected chi connectivity index (χ2v) is 4.80. The van der Waals surface area contributed by atoms with E-state index in [0.29, 0.717) is 0 Å². The van der Waals surface area contributed by atoms with Crippen LogP contribution < -0.4 is 11.1 Å². The number of rotatable bonds is 5. The highest BCUT2D eigenvalue weighted by molar-refractivity contribution is 5.97. The van der Waals surface area contributed by atoms with Crippen molar-refractivity contribution in [1.82, 2.24) is 0 Å². The topological polar surface area (TPSA) is 55.1 Å². The van der Waals surface area contributed by atoms with Crippen LogP contribution in [0.3, 0.4) is 0 Å². The quantitative estimate of drug-likeness (QED) is 0.862. The van der Waals surface area contributed by atoms with Crippen LogP contribution in [0, 0.1) is 0 Å². The van der Waals surface area contributed by atoms with Gasteiger partial charge in [-0.3, -0.25) is 4.79 Å². The fraction of sp³-hybridized carbons (Fsp3) is 0.312. The molecule has 0 heterocycles. The van der Waals surface area contributed by atoms with E-state index in [1.165, 1.54) is 0 Å². The van der Waals surface area contributed by atoms with Crippen molar-refractivity contribution in [3.63, 3.8) is 0 Å². The summed E-state index contributed by atoms with van der Waals surface area (Å²) in [6, 6.07) is 13.5. The van der Waals surface area contributed by atoms with Crippen molar-refractivity contribution in [2.24, 2.45) is 5.73 Å². The molecule has 1 unspecified atom stereocenters. The van der Waals surface area contributed by atoms with Crippen molar-refractivity contribution in [3.8, 4) is 0 Å². The van der Waals surface area contributed by atoms with E-state index < -0.39 is 6.04 Å². The second kappa shape index (κ2) is 6.34. The molecule has 19 heavy (non-hydrogen) atoms. The van der Waals surface area contributed by atoms with Crippen molar-refractivity contribution in [2.45, 2.75) is 32.2 Å². The maximum atomic E-state index is 11.9. The first-order chi connectivity index (χ1) is 9.20. The Morgan fingerprint density at radius 2 is 1.95 bits per heavy atom. The largest absolute Gasteiger partial charge is 0.325 e. The van der Waals surface area contributed by atoms with E-state index in [1.54, 1.807) is 0 Å². The predicted octanol–water partition coefficient (Wildman–Crippen LogP) is 3.30. The number of benzene rings is 2. The molecule has 0 fully saturated rings. The van der Waals surface area contributed by atoms with Crippen LogP contribution in [0.5, 0.6) is 0 Å². The number of nitrogens with one attached hydrogen (secondary N) is 1. The standard InChI is InChI=1S/C16H20N2O/c1-2-3-8-15(17)16(19)18-14-10-9-12-6-4-5-7-13(12)11-14/h4-7,9-11,15H,2-3,8,17H2,1H3,(H,18,19). The molecule has 2 aromatic carbocycles. The zero-order chi connectivity index (χ0) is 13.7. The predicted molar refractivity (Wildman–Crippen MR) is 80.1 cm³/mol. The molecule has 1 atom stereocenters. The van der Waals surface area contributed by atoms with Gasteiger partial charge in [0.05, 0.1) is 6.04 Å². The van der Waals surface area contributed by atoms with E-state index in [1.807, 2.05) is 42.5 Å². The normalized spacial score (nSPS) is 12.3. The van der Waals surface area contributed by atoms with Crippen LogP contribution >= 0.6 is 0 Å². The number of fused-ring (bicyclic) bond motifs is 1.